The summed E-state index contributed by atoms with van der Waals surface area (Å²) >= 11 is 0. The Kier molecular flexibility index (Phi) is 13.6. The lowest BCUT2D eigenvalue weighted by Gasteiger charge is -2.23. The van der Waals surface area contributed by atoms with Crippen molar-refractivity contribution in [3.8, 4) is 112 Å². The van der Waals surface area contributed by atoms with Crippen molar-refractivity contribution in [1.29, 1.82) is 0 Å². The minimum atomic E-state index is -5.08. The van der Waals surface area contributed by atoms with E-state index in [9.17, 15) is 0 Å². The van der Waals surface area contributed by atoms with Gasteiger partial charge in [0.2, 0.25) is 0 Å². The van der Waals surface area contributed by atoms with Crippen LogP contribution in [0.25, 0.3) is 156 Å². The first kappa shape index (κ1) is 55.4. The fourth-order valence-electron chi connectivity index (χ4n) is 12.8. The number of nitrogens with zero attached hydrogens (tertiary/aromatic N) is 6. The molecule has 6 heterocycles. The van der Waals surface area contributed by atoms with Gasteiger partial charge in [-0.05, 0) is 125 Å². The second kappa shape index (κ2) is 22.6. The molecule has 0 atom stereocenters. The number of rotatable bonds is 11. The molecule has 0 aliphatic heterocycles. The Bertz CT molecular complexity index is 4850. The van der Waals surface area contributed by atoms with Gasteiger partial charge in [0.25, 0.3) is 0 Å². The predicted molar refractivity (Wildman–Crippen MR) is 360 cm³/mol. The van der Waals surface area contributed by atoms with Gasteiger partial charge in [-0.2, -0.15) is 13.2 Å². The van der Waals surface area contributed by atoms with Crippen molar-refractivity contribution < 1.29 is 22.0 Å². The molecule has 0 N–H and O–H groups in total. The van der Waals surface area contributed by atoms with Gasteiger partial charge in [0.05, 0.1) is 61.8 Å². The van der Waals surface area contributed by atoms with E-state index in [1.807, 2.05) is 243 Å². The van der Waals surface area contributed by atoms with E-state index in [0.717, 1.165) is 102 Å². The molecule has 16 aromatic rings. The summed E-state index contributed by atoms with van der Waals surface area (Å²) < 4.78 is 88.5. The topological polar surface area (TPSA) is 61.4 Å². The fraction of sp³-hybridized carbons (Fsp3) is 0.0123. The standard InChI is InChI=1S/C81H49F5N6/c82-67-22-13-23-68(83)79(67)62-44-77(91-73-36-28-54(58-24-32-69(87-46-58)50-14-5-1-6-15-50)40-63(73)64-41-55(29-37-74(64)91)59-25-33-70(88-47-59)51-16-7-2-8-17-51)80(81(84,85)86)78(45-62)92-75-38-30-56(60-26-34-71(89-48-60)52-18-9-3-10-19-52)42-65(75)66-43-57(31-39-76(66)92)61-27-35-72(90-49-61)53-20-11-4-12-21-53/h1-49H. The molecule has 10 aromatic carbocycles. The zero-order valence-corrected chi connectivity index (χ0v) is 48.9. The van der Waals surface area contributed by atoms with Crippen LogP contribution < -0.4 is 0 Å². The highest BCUT2D eigenvalue weighted by molar-refractivity contribution is 6.14. The first-order valence-electron chi connectivity index (χ1n) is 30.0. The Morgan fingerprint density at radius 1 is 0.250 bits per heavy atom. The molecule has 0 amide bonds. The molecule has 6 aromatic heterocycles. The van der Waals surface area contributed by atoms with E-state index in [4.69, 9.17) is 19.9 Å². The Morgan fingerprint density at radius 2 is 0.522 bits per heavy atom. The lowest BCUT2D eigenvalue weighted by Crippen LogP contribution is -2.16. The van der Waals surface area contributed by atoms with Crippen LogP contribution in [0.15, 0.2) is 298 Å². The van der Waals surface area contributed by atoms with Gasteiger partial charge >= 0.3 is 6.18 Å². The van der Waals surface area contributed by atoms with E-state index in [1.54, 1.807) is 33.9 Å². The van der Waals surface area contributed by atoms with E-state index in [1.165, 1.54) is 18.2 Å². The van der Waals surface area contributed by atoms with Crippen LogP contribution in [-0.2, 0) is 6.18 Å². The molecule has 6 nitrogen and oxygen atoms in total. The number of benzene rings is 10. The van der Waals surface area contributed by atoms with Crippen molar-refractivity contribution >= 4 is 43.6 Å². The number of alkyl halides is 3. The lowest BCUT2D eigenvalue weighted by molar-refractivity contribution is -0.137. The summed E-state index contributed by atoms with van der Waals surface area (Å²) in [6.45, 7) is 0. The van der Waals surface area contributed by atoms with Crippen molar-refractivity contribution in [2.24, 2.45) is 0 Å². The van der Waals surface area contributed by atoms with Crippen molar-refractivity contribution in [3.05, 3.63) is 315 Å². The molecule has 0 aliphatic carbocycles. The lowest BCUT2D eigenvalue weighted by atomic mass is 9.98. The summed E-state index contributed by atoms with van der Waals surface area (Å²) in [7, 11) is 0. The molecule has 0 bridgehead atoms. The Morgan fingerprint density at radius 3 is 0.772 bits per heavy atom. The van der Waals surface area contributed by atoms with Crippen LogP contribution in [0.4, 0.5) is 22.0 Å². The largest absolute Gasteiger partial charge is 0.420 e. The van der Waals surface area contributed by atoms with Crippen molar-refractivity contribution in [3.63, 3.8) is 0 Å². The minimum absolute atomic E-state index is 0.103. The Hall–Kier alpha value is -12.0. The van der Waals surface area contributed by atoms with Gasteiger partial charge in [-0.15, -0.1) is 0 Å². The smallest absolute Gasteiger partial charge is 0.309 e. The molecule has 0 spiro atoms. The first-order chi connectivity index (χ1) is 45.1. The van der Waals surface area contributed by atoms with Crippen LogP contribution >= 0.6 is 0 Å². The van der Waals surface area contributed by atoms with E-state index in [-0.39, 0.29) is 16.9 Å². The van der Waals surface area contributed by atoms with E-state index >= 15 is 22.0 Å². The Labute approximate surface area is 525 Å². The number of hydrogen-bond donors (Lipinski definition) is 0. The summed E-state index contributed by atoms with van der Waals surface area (Å²) in [6.07, 6.45) is 2.10. The van der Waals surface area contributed by atoms with Crippen LogP contribution in [0, 0.1) is 11.6 Å². The van der Waals surface area contributed by atoms with Crippen LogP contribution in [0.5, 0.6) is 0 Å². The number of aromatic nitrogens is 6. The molecule has 0 saturated heterocycles. The van der Waals surface area contributed by atoms with Crippen molar-refractivity contribution in [1.82, 2.24) is 29.1 Å². The second-order valence-corrected chi connectivity index (χ2v) is 22.8. The van der Waals surface area contributed by atoms with Gasteiger partial charge in [-0.25, -0.2) is 8.78 Å². The summed E-state index contributed by atoms with van der Waals surface area (Å²) in [6, 6.07) is 83.7. The van der Waals surface area contributed by atoms with E-state index in [0.29, 0.717) is 43.6 Å². The van der Waals surface area contributed by atoms with Crippen molar-refractivity contribution in [2.75, 3.05) is 0 Å². The summed E-state index contributed by atoms with van der Waals surface area (Å²) in [4.78, 5) is 19.3. The zero-order valence-electron chi connectivity index (χ0n) is 48.9. The van der Waals surface area contributed by atoms with E-state index in [2.05, 4.69) is 0 Å². The number of pyridine rings is 4. The third kappa shape index (κ3) is 9.93. The molecule has 16 rings (SSSR count). The van der Waals surface area contributed by atoms with E-state index < -0.39 is 28.9 Å². The molecule has 0 saturated carbocycles. The average Bonchev–Trinajstić information content (AvgIpc) is 1.51. The number of halogens is 5. The maximum absolute atomic E-state index is 17.3. The predicted octanol–water partition coefficient (Wildman–Crippen LogP) is 21.8. The molecule has 0 unspecified atom stereocenters. The summed E-state index contributed by atoms with van der Waals surface area (Å²) in [5.74, 6) is -1.88. The normalized spacial score (nSPS) is 11.8. The van der Waals surface area contributed by atoms with Crippen molar-refractivity contribution in [2.45, 2.75) is 6.18 Å². The van der Waals surface area contributed by atoms with Gasteiger partial charge < -0.3 is 9.13 Å². The SMILES string of the molecule is Fc1cccc(F)c1-c1cc(-n2c3ccc(-c4ccc(-c5ccccc5)nc4)cc3c3cc(-c4ccc(-c5ccccc5)nc4)ccc32)c(C(F)(F)F)c(-n2c3ccc(-c4ccc(-c5ccccc5)nc4)cc3c3cc(-c4ccc(-c5ccccc5)nc4)ccc32)c1. The maximum atomic E-state index is 17.3. The molecule has 11 heteroatoms. The van der Waals surface area contributed by atoms with Gasteiger partial charge in [0, 0.05) is 90.8 Å². The summed E-state index contributed by atoms with van der Waals surface area (Å²) in [5, 5.41) is 2.53. The Balaban J connectivity index is 0.944. The molecule has 0 fully saturated rings. The molecular weight excluding hydrogens is 1150 g/mol. The molecule has 438 valence electrons. The maximum Gasteiger partial charge on any atom is 0.420 e. The van der Waals surface area contributed by atoms with Crippen LogP contribution in [0.2, 0.25) is 0 Å². The quantitative estimate of drug-likeness (QED) is 0.121. The van der Waals surface area contributed by atoms with Gasteiger partial charge in [-0.1, -0.05) is 176 Å². The third-order valence-corrected chi connectivity index (χ3v) is 17.3. The third-order valence-electron chi connectivity index (χ3n) is 17.3. The molecule has 92 heavy (non-hydrogen) atoms. The highest BCUT2D eigenvalue weighted by atomic mass is 19.4. The highest BCUT2D eigenvalue weighted by Gasteiger charge is 2.40. The zero-order chi connectivity index (χ0) is 62.0. The fourth-order valence-corrected chi connectivity index (χ4v) is 12.8. The van der Waals surface area contributed by atoms with Gasteiger partial charge in [-0.3, -0.25) is 19.9 Å². The summed E-state index contributed by atoms with van der Waals surface area (Å²) in [5.41, 5.74) is 12.6. The monoisotopic (exact) mass is 1200 g/mol. The molecule has 0 aliphatic rings. The average molecular weight is 1200 g/mol. The minimum Gasteiger partial charge on any atom is -0.309 e. The molecule has 0 radical (unpaired) electrons. The van der Waals surface area contributed by atoms with Crippen LogP contribution in [-0.4, -0.2) is 29.1 Å². The number of hydrogen-bond acceptors (Lipinski definition) is 4. The first-order valence-corrected chi connectivity index (χ1v) is 30.0. The van der Waals surface area contributed by atoms with Crippen LogP contribution in [0.1, 0.15) is 5.56 Å². The molecular formula is C81H49F5N6. The number of fused-ring (bicyclic) bond motifs is 6. The second-order valence-electron chi connectivity index (χ2n) is 22.8. The van der Waals surface area contributed by atoms with Crippen LogP contribution in [0.3, 0.4) is 0 Å². The highest BCUT2D eigenvalue weighted by Crippen LogP contribution is 2.48. The van der Waals surface area contributed by atoms with Gasteiger partial charge in [0.1, 0.15) is 17.2 Å². The van der Waals surface area contributed by atoms with Gasteiger partial charge in [0.15, 0.2) is 0 Å².